The zero-order valence-corrected chi connectivity index (χ0v) is 13.9. The van der Waals surface area contributed by atoms with E-state index in [0.29, 0.717) is 6.07 Å². The Balaban J connectivity index is 2.92. The van der Waals surface area contributed by atoms with E-state index in [0.717, 1.165) is 10.8 Å². The number of halogens is 2. The van der Waals surface area contributed by atoms with E-state index >= 15 is 4.39 Å². The van der Waals surface area contributed by atoms with Crippen molar-refractivity contribution in [2.45, 2.75) is 26.3 Å². The van der Waals surface area contributed by atoms with Gasteiger partial charge in [-0.2, -0.15) is 5.26 Å². The van der Waals surface area contributed by atoms with Gasteiger partial charge >= 0.3 is 11.9 Å². The van der Waals surface area contributed by atoms with E-state index in [1.807, 2.05) is 0 Å². The van der Waals surface area contributed by atoms with Crippen LogP contribution < -0.4 is 5.43 Å². The van der Waals surface area contributed by atoms with E-state index in [1.54, 1.807) is 6.92 Å². The van der Waals surface area contributed by atoms with Gasteiger partial charge in [0.25, 0.3) is 0 Å². The van der Waals surface area contributed by atoms with Crippen LogP contribution in [0.2, 0.25) is 0 Å². The summed E-state index contributed by atoms with van der Waals surface area (Å²) in [5.41, 5.74) is -2.94. The number of carbonyl (C=O) groups is 2. The molecule has 0 amide bonds. The summed E-state index contributed by atoms with van der Waals surface area (Å²) in [5.74, 6) is -7.11. The number of aromatic nitrogens is 1. The van der Waals surface area contributed by atoms with Gasteiger partial charge in [-0.25, -0.2) is 13.6 Å². The van der Waals surface area contributed by atoms with Crippen LogP contribution in [-0.2, 0) is 16.1 Å². The minimum absolute atomic E-state index is 0.0652. The fraction of sp³-hybridized carbons (Fsp3) is 0.294. The first kappa shape index (κ1) is 19.1. The lowest BCUT2D eigenvalue weighted by atomic mass is 9.96. The van der Waals surface area contributed by atoms with E-state index in [1.165, 1.54) is 13.0 Å². The third-order valence-electron chi connectivity index (χ3n) is 3.80. The molecule has 0 aliphatic carbocycles. The summed E-state index contributed by atoms with van der Waals surface area (Å²) >= 11 is 0. The normalized spacial score (nSPS) is 11.8. The van der Waals surface area contributed by atoms with E-state index in [-0.39, 0.29) is 18.7 Å². The molecule has 2 aromatic rings. The van der Waals surface area contributed by atoms with Crippen molar-refractivity contribution in [2.75, 3.05) is 6.61 Å². The second kappa shape index (κ2) is 7.31. The Morgan fingerprint density at radius 3 is 2.54 bits per heavy atom. The molecule has 7 nitrogen and oxygen atoms in total. The number of hydrogen-bond donors (Lipinski definition) is 1. The summed E-state index contributed by atoms with van der Waals surface area (Å²) in [6.07, 6.45) is 0.934. The average Bonchev–Trinajstić information content (AvgIpc) is 2.59. The van der Waals surface area contributed by atoms with Gasteiger partial charge < -0.3 is 14.4 Å². The molecule has 1 unspecified atom stereocenters. The highest BCUT2D eigenvalue weighted by atomic mass is 19.1. The fourth-order valence-corrected chi connectivity index (χ4v) is 2.63. The monoisotopic (exact) mass is 364 g/mol. The maximum atomic E-state index is 15.0. The number of nitriles is 1. The first-order chi connectivity index (χ1) is 12.3. The Kier molecular flexibility index (Phi) is 5.35. The number of benzene rings is 1. The van der Waals surface area contributed by atoms with Crippen LogP contribution in [0.25, 0.3) is 10.9 Å². The highest BCUT2D eigenvalue weighted by Crippen LogP contribution is 2.29. The zero-order chi connectivity index (χ0) is 19.6. The van der Waals surface area contributed by atoms with Gasteiger partial charge in [0.1, 0.15) is 11.4 Å². The number of nitrogens with zero attached hydrogens (tertiary/aromatic N) is 2. The molecule has 136 valence electrons. The number of carboxylic acid groups (broad SMARTS) is 1. The lowest BCUT2D eigenvalue weighted by molar-refractivity contribution is -0.143. The number of pyridine rings is 1. The Morgan fingerprint density at radius 1 is 1.38 bits per heavy atom. The number of ether oxygens (including phenoxy) is 1. The van der Waals surface area contributed by atoms with Gasteiger partial charge in [0.15, 0.2) is 11.7 Å². The Hall–Kier alpha value is -3.28. The second-order valence-electron chi connectivity index (χ2n) is 5.26. The molecule has 2 rings (SSSR count). The molecule has 0 radical (unpaired) electrons. The van der Waals surface area contributed by atoms with Crippen molar-refractivity contribution in [3.63, 3.8) is 0 Å². The molecule has 9 heteroatoms. The topological polar surface area (TPSA) is 109 Å². The van der Waals surface area contributed by atoms with Gasteiger partial charge in [-0.1, -0.05) is 0 Å². The minimum atomic E-state index is -1.86. The van der Waals surface area contributed by atoms with Crippen LogP contribution in [0.15, 0.2) is 17.1 Å². The number of carboxylic acids is 1. The van der Waals surface area contributed by atoms with Crippen molar-refractivity contribution in [1.82, 2.24) is 4.57 Å². The molecular weight excluding hydrogens is 350 g/mol. The summed E-state index contributed by atoms with van der Waals surface area (Å²) < 4.78 is 35.3. The van der Waals surface area contributed by atoms with Crippen LogP contribution >= 0.6 is 0 Å². The highest BCUT2D eigenvalue weighted by Gasteiger charge is 2.31. The number of carbonyl (C=O) groups excluding carboxylic acids is 1. The quantitative estimate of drug-likeness (QED) is 0.815. The Morgan fingerprint density at radius 2 is 2.04 bits per heavy atom. The molecular formula is C17H14F2N2O5. The predicted molar refractivity (Wildman–Crippen MR) is 85.7 cm³/mol. The van der Waals surface area contributed by atoms with Crippen molar-refractivity contribution in [1.29, 1.82) is 5.26 Å². The molecule has 1 atom stereocenters. The third kappa shape index (κ3) is 3.01. The molecule has 0 spiro atoms. The van der Waals surface area contributed by atoms with Gasteiger partial charge in [0.05, 0.1) is 29.1 Å². The first-order valence-electron chi connectivity index (χ1n) is 7.62. The molecule has 26 heavy (non-hydrogen) atoms. The molecule has 0 aliphatic heterocycles. The van der Waals surface area contributed by atoms with Crippen molar-refractivity contribution in [3.8, 4) is 6.07 Å². The lowest BCUT2D eigenvalue weighted by Crippen LogP contribution is -2.22. The minimum Gasteiger partial charge on any atom is -0.477 e. The number of hydrogen-bond acceptors (Lipinski definition) is 5. The summed E-state index contributed by atoms with van der Waals surface area (Å²) in [5, 5.41) is 17.8. The van der Waals surface area contributed by atoms with E-state index in [4.69, 9.17) is 10.4 Å². The van der Waals surface area contributed by atoms with Gasteiger partial charge in [-0.15, -0.1) is 0 Å². The number of rotatable bonds is 5. The standard InChI is InChI=1S/C17H14F2N2O5/c1-3-21-7-10(16(23)24)15(22)8-5-11(18)12(13(19)14(8)21)9(6-20)17(25)26-4-2/h5,7,9H,3-4H2,1-2H3,(H,23,24). The molecule has 1 heterocycles. The fourth-order valence-electron chi connectivity index (χ4n) is 2.63. The lowest BCUT2D eigenvalue weighted by Gasteiger charge is -2.16. The summed E-state index contributed by atoms with van der Waals surface area (Å²) in [4.78, 5) is 35.3. The van der Waals surface area contributed by atoms with Crippen LogP contribution in [0, 0.1) is 23.0 Å². The van der Waals surface area contributed by atoms with Crippen LogP contribution in [0.4, 0.5) is 8.78 Å². The smallest absolute Gasteiger partial charge is 0.341 e. The van der Waals surface area contributed by atoms with E-state index in [9.17, 15) is 18.8 Å². The summed E-state index contributed by atoms with van der Waals surface area (Å²) in [7, 11) is 0. The van der Waals surface area contributed by atoms with Gasteiger partial charge in [-0.05, 0) is 19.9 Å². The molecule has 0 bridgehead atoms. The first-order valence-corrected chi connectivity index (χ1v) is 7.62. The van der Waals surface area contributed by atoms with Crippen LogP contribution in [0.3, 0.4) is 0 Å². The van der Waals surface area contributed by atoms with Gasteiger partial charge in [0, 0.05) is 12.7 Å². The third-order valence-corrected chi connectivity index (χ3v) is 3.80. The van der Waals surface area contributed by atoms with Crippen molar-refractivity contribution in [3.05, 3.63) is 45.2 Å². The molecule has 0 fully saturated rings. The summed E-state index contributed by atoms with van der Waals surface area (Å²) in [6, 6.07) is 2.13. The Labute approximate surface area is 146 Å². The van der Waals surface area contributed by atoms with Crippen molar-refractivity contribution in [2.24, 2.45) is 0 Å². The Bertz CT molecular complexity index is 1010. The SMILES string of the molecule is CCOC(=O)C(C#N)c1c(F)cc2c(=O)c(C(=O)O)cn(CC)c2c1F. The van der Waals surface area contributed by atoms with E-state index in [2.05, 4.69) is 4.74 Å². The molecule has 0 saturated heterocycles. The van der Waals surface area contributed by atoms with Crippen molar-refractivity contribution >= 4 is 22.8 Å². The molecule has 1 N–H and O–H groups in total. The van der Waals surface area contributed by atoms with Crippen molar-refractivity contribution < 1.29 is 28.2 Å². The molecule has 1 aromatic heterocycles. The van der Waals surface area contributed by atoms with E-state index < -0.39 is 51.4 Å². The number of fused-ring (bicyclic) bond motifs is 1. The number of aromatic carboxylic acids is 1. The zero-order valence-electron chi connectivity index (χ0n) is 13.9. The molecule has 0 saturated carbocycles. The summed E-state index contributed by atoms with van der Waals surface area (Å²) in [6.45, 7) is 3.01. The number of esters is 1. The van der Waals surface area contributed by atoms with Crippen LogP contribution in [-0.4, -0.2) is 28.2 Å². The average molecular weight is 364 g/mol. The maximum Gasteiger partial charge on any atom is 0.341 e. The van der Waals surface area contributed by atoms with Gasteiger partial charge in [-0.3, -0.25) is 9.59 Å². The number of aryl methyl sites for hydroxylation is 1. The molecule has 1 aromatic carbocycles. The largest absolute Gasteiger partial charge is 0.477 e. The van der Waals surface area contributed by atoms with Crippen LogP contribution in [0.5, 0.6) is 0 Å². The molecule has 0 aliphatic rings. The van der Waals surface area contributed by atoms with Gasteiger partial charge in [0.2, 0.25) is 5.43 Å². The predicted octanol–water partition coefficient (Wildman–Crippen LogP) is 2.17. The highest BCUT2D eigenvalue weighted by molar-refractivity contribution is 5.93. The maximum absolute atomic E-state index is 15.0. The second-order valence-corrected chi connectivity index (χ2v) is 5.26. The van der Waals surface area contributed by atoms with Crippen LogP contribution in [0.1, 0.15) is 35.7 Å².